The van der Waals surface area contributed by atoms with Crippen LogP contribution in [0.25, 0.3) is 11.0 Å². The average Bonchev–Trinajstić information content (AvgIpc) is 2.69. The number of hydrogen-bond acceptors (Lipinski definition) is 3. The first-order valence-electron chi connectivity index (χ1n) is 6.70. The smallest absolute Gasteiger partial charge is 0.249 e. The summed E-state index contributed by atoms with van der Waals surface area (Å²) >= 11 is 0. The van der Waals surface area contributed by atoms with Crippen molar-refractivity contribution in [3.05, 3.63) is 24.3 Å². The lowest BCUT2D eigenvalue weighted by atomic mass is 9.84. The summed E-state index contributed by atoms with van der Waals surface area (Å²) < 4.78 is 1.43. The first-order chi connectivity index (χ1) is 8.87. The molecule has 0 aliphatic carbocycles. The molecule has 1 aromatic carbocycles. The Morgan fingerprint density at radius 3 is 2.68 bits per heavy atom. The Labute approximate surface area is 113 Å². The van der Waals surface area contributed by atoms with Gasteiger partial charge in [-0.1, -0.05) is 45.0 Å². The van der Waals surface area contributed by atoms with Gasteiger partial charge in [0.25, 0.3) is 0 Å². The molecule has 0 saturated carbocycles. The van der Waals surface area contributed by atoms with E-state index in [2.05, 4.69) is 38.0 Å². The minimum Gasteiger partial charge on any atom is -0.272 e. The van der Waals surface area contributed by atoms with Gasteiger partial charge in [0.15, 0.2) is 0 Å². The first-order valence-corrected chi connectivity index (χ1v) is 6.70. The van der Waals surface area contributed by atoms with E-state index >= 15 is 0 Å². The monoisotopic (exact) mass is 259 g/mol. The zero-order valence-electron chi connectivity index (χ0n) is 12.1. The second-order valence-electron chi connectivity index (χ2n) is 6.46. The van der Waals surface area contributed by atoms with Gasteiger partial charge < -0.3 is 0 Å². The number of carbonyl (C=O) groups is 1. The molecule has 1 heterocycles. The van der Waals surface area contributed by atoms with Gasteiger partial charge in [0.05, 0.1) is 5.52 Å². The summed E-state index contributed by atoms with van der Waals surface area (Å²) in [6, 6.07) is 7.54. The summed E-state index contributed by atoms with van der Waals surface area (Å²) in [5.74, 6) is 0.362. The third-order valence-electron chi connectivity index (χ3n) is 3.07. The number of rotatable bonds is 3. The number of aromatic nitrogens is 3. The topological polar surface area (TPSA) is 47.8 Å². The predicted octanol–water partition coefficient (Wildman–Crippen LogP) is 3.53. The second kappa shape index (κ2) is 5.11. The van der Waals surface area contributed by atoms with E-state index in [4.69, 9.17) is 0 Å². The molecule has 4 nitrogen and oxygen atoms in total. The van der Waals surface area contributed by atoms with Crippen LogP contribution in [-0.2, 0) is 0 Å². The van der Waals surface area contributed by atoms with E-state index in [1.54, 1.807) is 0 Å². The van der Waals surface area contributed by atoms with Gasteiger partial charge in [0, 0.05) is 6.42 Å². The van der Waals surface area contributed by atoms with E-state index in [0.717, 1.165) is 17.5 Å². The van der Waals surface area contributed by atoms with Crippen LogP contribution < -0.4 is 0 Å². The number of hydrogen-bond donors (Lipinski definition) is 0. The van der Waals surface area contributed by atoms with Crippen LogP contribution >= 0.6 is 0 Å². The van der Waals surface area contributed by atoms with Gasteiger partial charge in [-0.3, -0.25) is 4.79 Å². The molecule has 102 valence electrons. The lowest BCUT2D eigenvalue weighted by Gasteiger charge is -2.22. The molecule has 0 radical (unpaired) electrons. The highest BCUT2D eigenvalue weighted by Gasteiger charge is 2.20. The second-order valence-corrected chi connectivity index (χ2v) is 6.46. The lowest BCUT2D eigenvalue weighted by Crippen LogP contribution is -2.19. The number of nitrogens with zero attached hydrogens (tertiary/aromatic N) is 3. The minimum atomic E-state index is 0.0189. The number of para-hydroxylation sites is 1. The molecule has 0 aliphatic rings. The highest BCUT2D eigenvalue weighted by atomic mass is 16.2. The third kappa shape index (κ3) is 3.40. The van der Waals surface area contributed by atoms with Gasteiger partial charge in [-0.15, -0.1) is 5.10 Å². The SMILES string of the molecule is C[C@@H](CC(=O)n1nnc2ccccc21)CC(C)(C)C. The Balaban J connectivity index is 2.12. The molecular weight excluding hydrogens is 238 g/mol. The van der Waals surface area contributed by atoms with Gasteiger partial charge in [-0.25, -0.2) is 0 Å². The number of carbonyl (C=O) groups excluding carboxylic acids is 1. The molecule has 0 saturated heterocycles. The quantitative estimate of drug-likeness (QED) is 0.847. The Hall–Kier alpha value is -1.71. The van der Waals surface area contributed by atoms with Crippen molar-refractivity contribution in [2.24, 2.45) is 11.3 Å². The Morgan fingerprint density at radius 1 is 1.32 bits per heavy atom. The summed E-state index contributed by atoms with van der Waals surface area (Å²) in [6.07, 6.45) is 1.52. The highest BCUT2D eigenvalue weighted by molar-refractivity contribution is 5.88. The van der Waals surface area contributed by atoms with Crippen molar-refractivity contribution in [2.75, 3.05) is 0 Å². The Morgan fingerprint density at radius 2 is 2.00 bits per heavy atom. The van der Waals surface area contributed by atoms with Crippen molar-refractivity contribution in [2.45, 2.75) is 40.5 Å². The predicted molar refractivity (Wildman–Crippen MR) is 76.0 cm³/mol. The molecule has 2 rings (SSSR count). The van der Waals surface area contributed by atoms with Crippen LogP contribution in [0, 0.1) is 11.3 Å². The summed E-state index contributed by atoms with van der Waals surface area (Å²) in [6.45, 7) is 8.69. The Kier molecular flexibility index (Phi) is 3.69. The van der Waals surface area contributed by atoms with Gasteiger partial charge in [0.2, 0.25) is 5.91 Å². The fraction of sp³-hybridized carbons (Fsp3) is 0.533. The lowest BCUT2D eigenvalue weighted by molar-refractivity contribution is 0.0859. The standard InChI is InChI=1S/C15H21N3O/c1-11(10-15(2,3)4)9-14(19)18-13-8-6-5-7-12(13)16-17-18/h5-8,11H,9-10H2,1-4H3/t11-/m0/s1. The van der Waals surface area contributed by atoms with Crippen LogP contribution in [0.4, 0.5) is 0 Å². The summed E-state index contributed by atoms with van der Waals surface area (Å²) in [4.78, 5) is 12.3. The fourth-order valence-corrected chi connectivity index (χ4v) is 2.56. The summed E-state index contributed by atoms with van der Waals surface area (Å²) in [5, 5.41) is 7.98. The van der Waals surface area contributed by atoms with Crippen molar-refractivity contribution in [1.29, 1.82) is 0 Å². The largest absolute Gasteiger partial charge is 0.272 e. The molecule has 1 atom stereocenters. The molecule has 0 spiro atoms. The molecule has 1 aromatic heterocycles. The van der Waals surface area contributed by atoms with Crippen LogP contribution in [0.2, 0.25) is 0 Å². The van der Waals surface area contributed by atoms with E-state index in [0.29, 0.717) is 12.3 Å². The first kappa shape index (κ1) is 13.7. The maximum Gasteiger partial charge on any atom is 0.249 e. The van der Waals surface area contributed by atoms with E-state index in [1.165, 1.54) is 4.68 Å². The van der Waals surface area contributed by atoms with Crippen molar-refractivity contribution in [3.63, 3.8) is 0 Å². The molecule has 0 fully saturated rings. The van der Waals surface area contributed by atoms with E-state index in [1.807, 2.05) is 24.3 Å². The molecular formula is C15H21N3O. The highest BCUT2D eigenvalue weighted by Crippen LogP contribution is 2.26. The molecule has 0 bridgehead atoms. The van der Waals surface area contributed by atoms with Gasteiger partial charge in [-0.05, 0) is 29.9 Å². The van der Waals surface area contributed by atoms with Crippen LogP contribution in [0.5, 0.6) is 0 Å². The zero-order chi connectivity index (χ0) is 14.0. The van der Waals surface area contributed by atoms with Crippen LogP contribution in [0.3, 0.4) is 0 Å². The Bertz CT molecular complexity index is 580. The van der Waals surface area contributed by atoms with E-state index < -0.39 is 0 Å². The maximum absolute atomic E-state index is 12.3. The maximum atomic E-state index is 12.3. The minimum absolute atomic E-state index is 0.0189. The van der Waals surface area contributed by atoms with Crippen LogP contribution in [0.15, 0.2) is 24.3 Å². The van der Waals surface area contributed by atoms with Gasteiger partial charge in [0.1, 0.15) is 5.52 Å². The van der Waals surface area contributed by atoms with Gasteiger partial charge >= 0.3 is 0 Å². The fourth-order valence-electron chi connectivity index (χ4n) is 2.56. The normalized spacial score (nSPS) is 13.7. The zero-order valence-corrected chi connectivity index (χ0v) is 12.1. The molecule has 0 aliphatic heterocycles. The van der Waals surface area contributed by atoms with E-state index in [9.17, 15) is 4.79 Å². The van der Waals surface area contributed by atoms with E-state index in [-0.39, 0.29) is 11.3 Å². The molecule has 4 heteroatoms. The third-order valence-corrected chi connectivity index (χ3v) is 3.07. The molecule has 0 amide bonds. The van der Waals surface area contributed by atoms with Crippen molar-refractivity contribution in [1.82, 2.24) is 15.0 Å². The molecule has 19 heavy (non-hydrogen) atoms. The molecule has 2 aromatic rings. The summed E-state index contributed by atoms with van der Waals surface area (Å²) in [5.41, 5.74) is 1.79. The van der Waals surface area contributed by atoms with Crippen molar-refractivity contribution in [3.8, 4) is 0 Å². The summed E-state index contributed by atoms with van der Waals surface area (Å²) in [7, 11) is 0. The van der Waals surface area contributed by atoms with Crippen molar-refractivity contribution >= 4 is 16.9 Å². The van der Waals surface area contributed by atoms with Gasteiger partial charge in [-0.2, -0.15) is 4.68 Å². The average molecular weight is 259 g/mol. The van der Waals surface area contributed by atoms with Crippen LogP contribution in [0.1, 0.15) is 45.3 Å². The molecule has 0 unspecified atom stereocenters. The number of fused-ring (bicyclic) bond motifs is 1. The van der Waals surface area contributed by atoms with Crippen molar-refractivity contribution < 1.29 is 4.79 Å². The number of benzene rings is 1. The van der Waals surface area contributed by atoms with Crippen LogP contribution in [-0.4, -0.2) is 20.9 Å². The molecule has 0 N–H and O–H groups in total.